The van der Waals surface area contributed by atoms with E-state index in [1.165, 1.54) is 25.1 Å². The quantitative estimate of drug-likeness (QED) is 0.346. The molecule has 114 valence electrons. The molecule has 0 aliphatic carbocycles. The number of ketones is 1. The highest BCUT2D eigenvalue weighted by atomic mass is 16.6. The molecule has 0 atom stereocenters. The molecule has 7 heteroatoms. The Hall–Kier alpha value is -2.44. The van der Waals surface area contributed by atoms with Crippen molar-refractivity contribution in [3.05, 3.63) is 33.9 Å². The van der Waals surface area contributed by atoms with Gasteiger partial charge in [-0.05, 0) is 19.1 Å². The molecule has 0 saturated carbocycles. The summed E-state index contributed by atoms with van der Waals surface area (Å²) in [5.74, 6) is -0.402. The molecule has 0 heterocycles. The van der Waals surface area contributed by atoms with Gasteiger partial charge in [0.1, 0.15) is 5.69 Å². The van der Waals surface area contributed by atoms with Crippen LogP contribution in [0.3, 0.4) is 0 Å². The molecule has 1 aromatic carbocycles. The number of nitrogens with one attached hydrogen (secondary N) is 2. The second-order valence-electron chi connectivity index (χ2n) is 4.92. The summed E-state index contributed by atoms with van der Waals surface area (Å²) in [5, 5.41) is 16.6. The topological polar surface area (TPSA) is 101 Å². The maximum Gasteiger partial charge on any atom is 0.293 e. The number of nitro groups is 1. The molecular formula is C14H19N3O4. The number of anilines is 1. The van der Waals surface area contributed by atoms with Crippen LogP contribution in [0.15, 0.2) is 18.2 Å². The maximum absolute atomic E-state index is 11.4. The maximum atomic E-state index is 11.4. The molecule has 1 amide bonds. The van der Waals surface area contributed by atoms with Gasteiger partial charge >= 0.3 is 0 Å². The van der Waals surface area contributed by atoms with Gasteiger partial charge in [-0.1, -0.05) is 13.8 Å². The minimum Gasteiger partial charge on any atom is -0.378 e. The highest BCUT2D eigenvalue weighted by Gasteiger charge is 2.15. The molecule has 0 aliphatic rings. The first-order valence-corrected chi connectivity index (χ1v) is 6.64. The van der Waals surface area contributed by atoms with Gasteiger partial charge in [0.05, 0.1) is 4.92 Å². The SMILES string of the molecule is CC(=O)c1ccc(NCCNC(=O)C(C)C)c([N+](=O)[O-])c1. The Bertz CT molecular complexity index is 555. The van der Waals surface area contributed by atoms with E-state index in [-0.39, 0.29) is 23.3 Å². The molecule has 0 unspecified atom stereocenters. The molecule has 7 nitrogen and oxygen atoms in total. The van der Waals surface area contributed by atoms with Crippen molar-refractivity contribution in [1.82, 2.24) is 5.32 Å². The minimum absolute atomic E-state index is 0.0711. The van der Waals surface area contributed by atoms with Crippen molar-refractivity contribution in [3.8, 4) is 0 Å². The van der Waals surface area contributed by atoms with Crippen LogP contribution in [0.5, 0.6) is 0 Å². The van der Waals surface area contributed by atoms with E-state index >= 15 is 0 Å². The molecule has 2 N–H and O–H groups in total. The number of hydrogen-bond donors (Lipinski definition) is 2. The first-order valence-electron chi connectivity index (χ1n) is 6.64. The van der Waals surface area contributed by atoms with Crippen molar-refractivity contribution in [2.45, 2.75) is 20.8 Å². The third kappa shape index (κ3) is 4.87. The predicted octanol–water partition coefficient (Wildman–Crippen LogP) is 1.98. The Morgan fingerprint density at radius 2 is 1.95 bits per heavy atom. The number of benzene rings is 1. The van der Waals surface area contributed by atoms with Crippen molar-refractivity contribution < 1.29 is 14.5 Å². The fourth-order valence-electron chi connectivity index (χ4n) is 1.64. The lowest BCUT2D eigenvalue weighted by Gasteiger charge is -2.10. The van der Waals surface area contributed by atoms with E-state index in [4.69, 9.17) is 0 Å². The Kier molecular flexibility index (Phi) is 5.83. The van der Waals surface area contributed by atoms with Crippen LogP contribution in [0.1, 0.15) is 31.1 Å². The Morgan fingerprint density at radius 1 is 1.29 bits per heavy atom. The summed E-state index contributed by atoms with van der Waals surface area (Å²) in [4.78, 5) is 33.1. The fourth-order valence-corrected chi connectivity index (χ4v) is 1.64. The van der Waals surface area contributed by atoms with E-state index < -0.39 is 4.92 Å². The number of rotatable bonds is 7. The predicted molar refractivity (Wildman–Crippen MR) is 79.4 cm³/mol. The molecule has 0 spiro atoms. The summed E-state index contributed by atoms with van der Waals surface area (Å²) < 4.78 is 0. The highest BCUT2D eigenvalue weighted by molar-refractivity contribution is 5.95. The number of hydrogen-bond acceptors (Lipinski definition) is 5. The van der Waals surface area contributed by atoms with Gasteiger partial charge in [-0.25, -0.2) is 0 Å². The number of nitro benzene ring substituents is 1. The molecule has 0 aliphatic heterocycles. The molecule has 0 saturated heterocycles. The van der Waals surface area contributed by atoms with Gasteiger partial charge in [0.2, 0.25) is 5.91 Å². The summed E-state index contributed by atoms with van der Waals surface area (Å²) in [6.45, 7) is 5.65. The van der Waals surface area contributed by atoms with Gasteiger partial charge < -0.3 is 10.6 Å². The summed E-state index contributed by atoms with van der Waals surface area (Å²) in [5.41, 5.74) is 0.460. The number of amides is 1. The van der Waals surface area contributed by atoms with Crippen LogP contribution in [0, 0.1) is 16.0 Å². The molecule has 0 fully saturated rings. The molecule has 1 rings (SSSR count). The van der Waals surface area contributed by atoms with Crippen LogP contribution in [0.4, 0.5) is 11.4 Å². The number of Topliss-reactive ketones (excluding diaryl/α,β-unsaturated/α-hetero) is 1. The fraction of sp³-hybridized carbons (Fsp3) is 0.429. The summed E-state index contributed by atoms with van der Waals surface area (Å²) >= 11 is 0. The molecule has 0 bridgehead atoms. The third-order valence-corrected chi connectivity index (χ3v) is 2.87. The molecule has 21 heavy (non-hydrogen) atoms. The van der Waals surface area contributed by atoms with Crippen LogP contribution in [0.25, 0.3) is 0 Å². The molecular weight excluding hydrogens is 274 g/mol. The lowest BCUT2D eigenvalue weighted by molar-refractivity contribution is -0.384. The van der Waals surface area contributed by atoms with E-state index in [9.17, 15) is 19.7 Å². The van der Waals surface area contributed by atoms with E-state index in [1.54, 1.807) is 13.8 Å². The monoisotopic (exact) mass is 293 g/mol. The van der Waals surface area contributed by atoms with Gasteiger partial charge in [-0.15, -0.1) is 0 Å². The largest absolute Gasteiger partial charge is 0.378 e. The van der Waals surface area contributed by atoms with Crippen LogP contribution in [-0.2, 0) is 4.79 Å². The first kappa shape index (κ1) is 16.6. The highest BCUT2D eigenvalue weighted by Crippen LogP contribution is 2.25. The lowest BCUT2D eigenvalue weighted by atomic mass is 10.1. The summed E-state index contributed by atoms with van der Waals surface area (Å²) in [7, 11) is 0. The average Bonchev–Trinajstić information content (AvgIpc) is 2.42. The van der Waals surface area contributed by atoms with Gasteiger partial charge in [0.15, 0.2) is 5.78 Å². The number of nitrogens with zero attached hydrogens (tertiary/aromatic N) is 1. The van der Waals surface area contributed by atoms with E-state index in [0.717, 1.165) is 0 Å². The van der Waals surface area contributed by atoms with Crippen molar-refractivity contribution in [2.24, 2.45) is 5.92 Å². The summed E-state index contributed by atoms with van der Waals surface area (Å²) in [6.07, 6.45) is 0. The Balaban J connectivity index is 2.68. The Morgan fingerprint density at radius 3 is 2.48 bits per heavy atom. The Labute approximate surface area is 122 Å². The van der Waals surface area contributed by atoms with Crippen LogP contribution < -0.4 is 10.6 Å². The number of carbonyl (C=O) groups is 2. The van der Waals surface area contributed by atoms with Gasteiger partial charge in [0.25, 0.3) is 5.69 Å². The standard InChI is InChI=1S/C14H19N3O4/c1-9(2)14(19)16-7-6-15-12-5-4-11(10(3)18)8-13(12)17(20)21/h4-5,8-9,15H,6-7H2,1-3H3,(H,16,19). The molecule has 0 aromatic heterocycles. The van der Waals surface area contributed by atoms with Crippen molar-refractivity contribution in [3.63, 3.8) is 0 Å². The second-order valence-corrected chi connectivity index (χ2v) is 4.92. The van der Waals surface area contributed by atoms with Gasteiger partial charge in [0, 0.05) is 30.6 Å². The normalized spacial score (nSPS) is 10.3. The molecule has 0 radical (unpaired) electrons. The van der Waals surface area contributed by atoms with Crippen molar-refractivity contribution >= 4 is 23.1 Å². The van der Waals surface area contributed by atoms with Gasteiger partial charge in [-0.3, -0.25) is 19.7 Å². The number of carbonyl (C=O) groups excluding carboxylic acids is 2. The average molecular weight is 293 g/mol. The minimum atomic E-state index is -0.540. The summed E-state index contributed by atoms with van der Waals surface area (Å²) in [6, 6.07) is 4.28. The molecule has 1 aromatic rings. The van der Waals surface area contributed by atoms with Crippen LogP contribution in [-0.4, -0.2) is 29.7 Å². The third-order valence-electron chi connectivity index (χ3n) is 2.87. The van der Waals surface area contributed by atoms with Crippen LogP contribution in [0.2, 0.25) is 0 Å². The van der Waals surface area contributed by atoms with E-state index in [1.807, 2.05) is 0 Å². The second kappa shape index (κ2) is 7.37. The van der Waals surface area contributed by atoms with E-state index in [0.29, 0.717) is 24.3 Å². The lowest BCUT2D eigenvalue weighted by Crippen LogP contribution is -2.31. The van der Waals surface area contributed by atoms with Gasteiger partial charge in [-0.2, -0.15) is 0 Å². The zero-order chi connectivity index (χ0) is 16.0. The first-order chi connectivity index (χ1) is 9.82. The van der Waals surface area contributed by atoms with Crippen LogP contribution >= 0.6 is 0 Å². The van der Waals surface area contributed by atoms with E-state index in [2.05, 4.69) is 10.6 Å². The van der Waals surface area contributed by atoms with Crippen molar-refractivity contribution in [2.75, 3.05) is 18.4 Å². The smallest absolute Gasteiger partial charge is 0.293 e. The zero-order valence-corrected chi connectivity index (χ0v) is 12.3. The zero-order valence-electron chi connectivity index (χ0n) is 12.3. The van der Waals surface area contributed by atoms with Crippen molar-refractivity contribution in [1.29, 1.82) is 0 Å².